The number of H-pyrrole nitrogens is 1. The van der Waals surface area contributed by atoms with Gasteiger partial charge in [-0.15, -0.1) is 0 Å². The third-order valence-corrected chi connectivity index (χ3v) is 8.68. The van der Waals surface area contributed by atoms with Crippen molar-refractivity contribution in [3.63, 3.8) is 0 Å². The number of methoxy groups -OCH3 is 1. The molecule has 6 rings (SSSR count). The lowest BCUT2D eigenvalue weighted by Gasteiger charge is -2.43. The summed E-state index contributed by atoms with van der Waals surface area (Å²) in [6.45, 7) is 6.14. The largest absolute Gasteiger partial charge is 0.494 e. The number of ether oxygens (including phenoxy) is 1. The number of carbonyl (C=O) groups excluding carboxylic acids is 1. The highest BCUT2D eigenvalue weighted by Crippen LogP contribution is 2.36. The van der Waals surface area contributed by atoms with Gasteiger partial charge in [0.1, 0.15) is 24.1 Å². The second-order valence-electron chi connectivity index (χ2n) is 11.3. The molecule has 2 aromatic heterocycles. The second kappa shape index (κ2) is 13.1. The Morgan fingerprint density at radius 2 is 1.82 bits per heavy atom. The number of alkyl halides is 1. The minimum absolute atomic E-state index is 0.208. The zero-order chi connectivity index (χ0) is 30.6. The van der Waals surface area contributed by atoms with Gasteiger partial charge in [0, 0.05) is 69.0 Å². The van der Waals surface area contributed by atoms with Crippen molar-refractivity contribution in [2.45, 2.75) is 18.9 Å². The number of fused-ring (bicyclic) bond motifs is 1. The summed E-state index contributed by atoms with van der Waals surface area (Å²) in [7, 11) is 1.66. The van der Waals surface area contributed by atoms with Crippen LogP contribution in [0.15, 0.2) is 54.9 Å². The van der Waals surface area contributed by atoms with Crippen molar-refractivity contribution in [1.82, 2.24) is 19.8 Å². The Morgan fingerprint density at radius 1 is 1.02 bits per heavy atom. The Bertz CT molecular complexity index is 1610. The minimum atomic E-state index is -0.855. The SMILES string of the molecule is COc1cc(N2CCC(N3CCN(CCF)CC3)CC2)ccc1Nc1cc2c(Nc3cccc(F)c3C(N)=O)cncc2[nH]1. The number of hydrogen-bond donors (Lipinski definition) is 4. The average molecular weight is 605 g/mol. The van der Waals surface area contributed by atoms with E-state index in [9.17, 15) is 13.6 Å². The molecule has 0 unspecified atom stereocenters. The van der Waals surface area contributed by atoms with Gasteiger partial charge in [-0.3, -0.25) is 19.6 Å². The maximum atomic E-state index is 14.3. The molecule has 10 nitrogen and oxygen atoms in total. The van der Waals surface area contributed by atoms with E-state index in [0.29, 0.717) is 24.1 Å². The highest BCUT2D eigenvalue weighted by molar-refractivity contribution is 6.02. The van der Waals surface area contributed by atoms with Gasteiger partial charge >= 0.3 is 0 Å². The van der Waals surface area contributed by atoms with Crippen LogP contribution in [-0.4, -0.2) is 91.3 Å². The number of aromatic amines is 1. The van der Waals surface area contributed by atoms with Gasteiger partial charge in [0.05, 0.1) is 47.6 Å². The van der Waals surface area contributed by atoms with Gasteiger partial charge in [0.15, 0.2) is 0 Å². The third kappa shape index (κ3) is 6.27. The van der Waals surface area contributed by atoms with Crippen LogP contribution in [-0.2, 0) is 0 Å². The van der Waals surface area contributed by atoms with E-state index >= 15 is 0 Å². The molecule has 4 aromatic rings. The van der Waals surface area contributed by atoms with Crippen LogP contribution in [0.4, 0.5) is 37.3 Å². The molecule has 2 aliphatic rings. The Balaban J connectivity index is 1.13. The van der Waals surface area contributed by atoms with Crippen LogP contribution in [0.1, 0.15) is 23.2 Å². The fraction of sp³-hybridized carbons (Fsp3) is 0.375. The lowest BCUT2D eigenvalue weighted by Crippen LogP contribution is -2.53. The summed E-state index contributed by atoms with van der Waals surface area (Å²) in [6.07, 6.45) is 5.50. The van der Waals surface area contributed by atoms with Crippen molar-refractivity contribution < 1.29 is 18.3 Å². The summed E-state index contributed by atoms with van der Waals surface area (Å²) in [5.74, 6) is -0.117. The van der Waals surface area contributed by atoms with Gasteiger partial charge in [0.25, 0.3) is 5.91 Å². The van der Waals surface area contributed by atoms with Crippen LogP contribution in [0.25, 0.3) is 10.9 Å². The van der Waals surface area contributed by atoms with E-state index in [1.54, 1.807) is 25.6 Å². The highest BCUT2D eigenvalue weighted by Gasteiger charge is 2.28. The molecule has 0 radical (unpaired) electrons. The molecule has 0 aliphatic carbocycles. The first-order valence-electron chi connectivity index (χ1n) is 15.0. The summed E-state index contributed by atoms with van der Waals surface area (Å²) < 4.78 is 32.8. The van der Waals surface area contributed by atoms with E-state index in [0.717, 1.165) is 80.1 Å². The minimum Gasteiger partial charge on any atom is -0.494 e. The average Bonchev–Trinajstić information content (AvgIpc) is 3.45. The van der Waals surface area contributed by atoms with Crippen LogP contribution < -0.4 is 26.0 Å². The van der Waals surface area contributed by atoms with E-state index in [4.69, 9.17) is 10.5 Å². The first-order valence-corrected chi connectivity index (χ1v) is 15.0. The number of nitrogens with two attached hydrogens (primary N) is 1. The molecule has 2 aliphatic heterocycles. The van der Waals surface area contributed by atoms with E-state index in [1.807, 2.05) is 12.1 Å². The molecule has 12 heteroatoms. The van der Waals surface area contributed by atoms with Crippen molar-refractivity contribution in [2.24, 2.45) is 5.73 Å². The quantitative estimate of drug-likeness (QED) is 0.203. The van der Waals surface area contributed by atoms with E-state index < -0.39 is 11.7 Å². The van der Waals surface area contributed by atoms with Crippen molar-refractivity contribution in [1.29, 1.82) is 0 Å². The zero-order valence-electron chi connectivity index (χ0n) is 24.8. The molecule has 4 heterocycles. The molecule has 0 saturated carbocycles. The number of benzene rings is 2. The number of piperidine rings is 1. The number of carbonyl (C=O) groups is 1. The van der Waals surface area contributed by atoms with Gasteiger partial charge in [-0.2, -0.15) is 0 Å². The zero-order valence-corrected chi connectivity index (χ0v) is 24.8. The number of anilines is 5. The highest BCUT2D eigenvalue weighted by atomic mass is 19.1. The van der Waals surface area contributed by atoms with Crippen LogP contribution >= 0.6 is 0 Å². The summed E-state index contributed by atoms with van der Waals surface area (Å²) in [5.41, 5.74) is 8.74. The fourth-order valence-corrected chi connectivity index (χ4v) is 6.33. The number of halogens is 2. The first-order chi connectivity index (χ1) is 21.4. The molecular weight excluding hydrogens is 566 g/mol. The lowest BCUT2D eigenvalue weighted by atomic mass is 10.0. The monoisotopic (exact) mass is 604 g/mol. The van der Waals surface area contributed by atoms with Gasteiger partial charge in [-0.1, -0.05) is 6.07 Å². The van der Waals surface area contributed by atoms with Crippen LogP contribution in [0, 0.1) is 5.82 Å². The number of nitrogens with one attached hydrogen (secondary N) is 3. The Labute approximate surface area is 255 Å². The predicted molar refractivity (Wildman–Crippen MR) is 170 cm³/mol. The maximum Gasteiger partial charge on any atom is 0.253 e. The van der Waals surface area contributed by atoms with Crippen molar-refractivity contribution in [3.05, 3.63) is 66.2 Å². The number of amides is 1. The first kappa shape index (κ1) is 29.6. The summed E-state index contributed by atoms with van der Waals surface area (Å²) >= 11 is 0. The predicted octanol–water partition coefficient (Wildman–Crippen LogP) is 4.85. The van der Waals surface area contributed by atoms with Gasteiger partial charge in [-0.25, -0.2) is 8.78 Å². The Morgan fingerprint density at radius 3 is 2.55 bits per heavy atom. The second-order valence-corrected chi connectivity index (χ2v) is 11.3. The number of pyridine rings is 1. The third-order valence-electron chi connectivity index (χ3n) is 8.68. The molecular formula is C32H38F2N8O2. The molecule has 232 valence electrons. The van der Waals surface area contributed by atoms with E-state index in [1.165, 1.54) is 12.1 Å². The normalized spacial score (nSPS) is 16.8. The molecule has 2 aromatic carbocycles. The van der Waals surface area contributed by atoms with Gasteiger partial charge in [0.2, 0.25) is 0 Å². The lowest BCUT2D eigenvalue weighted by molar-refractivity contribution is 0.0816. The molecule has 2 saturated heterocycles. The molecule has 5 N–H and O–H groups in total. The van der Waals surface area contributed by atoms with E-state index in [-0.39, 0.29) is 17.9 Å². The molecule has 2 fully saturated rings. The molecule has 0 spiro atoms. The van der Waals surface area contributed by atoms with Gasteiger partial charge in [-0.05, 0) is 43.2 Å². The molecule has 0 atom stereocenters. The Kier molecular flexibility index (Phi) is 8.80. The number of piperazine rings is 1. The fourth-order valence-electron chi connectivity index (χ4n) is 6.33. The maximum absolute atomic E-state index is 14.3. The number of rotatable bonds is 10. The molecule has 0 bridgehead atoms. The van der Waals surface area contributed by atoms with Crippen LogP contribution in [0.3, 0.4) is 0 Å². The summed E-state index contributed by atoms with van der Waals surface area (Å²) in [4.78, 5) is 26.7. The Hall–Kier alpha value is -4.42. The number of primary amides is 1. The summed E-state index contributed by atoms with van der Waals surface area (Å²) in [6, 6.07) is 13.0. The van der Waals surface area contributed by atoms with Crippen LogP contribution in [0.2, 0.25) is 0 Å². The van der Waals surface area contributed by atoms with Gasteiger partial charge < -0.3 is 31.0 Å². The number of aromatic nitrogens is 2. The number of hydrogen-bond acceptors (Lipinski definition) is 8. The molecule has 44 heavy (non-hydrogen) atoms. The summed E-state index contributed by atoms with van der Waals surface area (Å²) in [5, 5.41) is 7.32. The van der Waals surface area contributed by atoms with E-state index in [2.05, 4.69) is 47.4 Å². The number of nitrogens with zero attached hydrogens (tertiary/aromatic N) is 4. The molecule has 1 amide bonds. The van der Waals surface area contributed by atoms with Crippen molar-refractivity contribution >= 4 is 45.4 Å². The standard InChI is InChI=1S/C32H38F2N8O2/c1-44-29-17-22(41-10-7-21(8-11-41)42-15-13-40(12-9-33)14-16-42)5-6-25(29)38-30-18-23-27(19-36-20-28(23)39-30)37-26-4-2-3-24(34)31(26)32(35)43/h2-6,17-21,37-39H,7-16H2,1H3,(H2,35,43). The van der Waals surface area contributed by atoms with Crippen LogP contribution in [0.5, 0.6) is 5.75 Å². The van der Waals surface area contributed by atoms with Crippen molar-refractivity contribution in [3.8, 4) is 5.75 Å². The van der Waals surface area contributed by atoms with Crippen molar-refractivity contribution in [2.75, 3.05) is 75.1 Å². The smallest absolute Gasteiger partial charge is 0.253 e. The topological polar surface area (TPSA) is 115 Å².